The Morgan fingerprint density at radius 3 is 3.00 bits per heavy atom. The lowest BCUT2D eigenvalue weighted by Gasteiger charge is -2.13. The normalized spacial score (nSPS) is 14.3. The number of nitrogens with one attached hydrogen (secondary N) is 1. The third-order valence-electron chi connectivity index (χ3n) is 2.69. The second-order valence-corrected chi connectivity index (χ2v) is 5.43. The van der Waals surface area contributed by atoms with E-state index >= 15 is 0 Å². The molecule has 9 heteroatoms. The van der Waals surface area contributed by atoms with Crippen LogP contribution in [-0.4, -0.2) is 52.6 Å². The number of esters is 1. The van der Waals surface area contributed by atoms with E-state index in [1.54, 1.807) is 17.9 Å². The first kappa shape index (κ1) is 15.4. The van der Waals surface area contributed by atoms with Gasteiger partial charge in [0.25, 0.3) is 11.1 Å². The number of carbonyl (C=O) groups is 3. The highest BCUT2D eigenvalue weighted by Gasteiger charge is 2.21. The molecule has 114 valence electrons. The summed E-state index contributed by atoms with van der Waals surface area (Å²) in [5.74, 6) is 0.562. The number of hydrogen-bond acceptors (Lipinski definition) is 7. The summed E-state index contributed by atoms with van der Waals surface area (Å²) in [4.78, 5) is 35.9. The molecule has 1 N–H and O–H groups in total. The van der Waals surface area contributed by atoms with E-state index in [0.29, 0.717) is 18.8 Å². The van der Waals surface area contributed by atoms with E-state index in [-0.39, 0.29) is 17.5 Å². The number of rotatable bonds is 6. The summed E-state index contributed by atoms with van der Waals surface area (Å²) in [6.45, 7) is 2.26. The monoisotopic (exact) mass is 313 g/mol. The van der Waals surface area contributed by atoms with Crippen LogP contribution in [0.3, 0.4) is 0 Å². The molecule has 1 fully saturated rings. The van der Waals surface area contributed by atoms with E-state index in [1.165, 1.54) is 11.8 Å². The van der Waals surface area contributed by atoms with E-state index in [1.807, 2.05) is 0 Å². The number of ether oxygens (including phenoxy) is 1. The molecule has 2 rings (SSSR count). The largest absolute Gasteiger partial charge is 0.456 e. The molecule has 1 saturated heterocycles. The van der Waals surface area contributed by atoms with Gasteiger partial charge in [-0.3, -0.25) is 14.4 Å². The van der Waals surface area contributed by atoms with Gasteiger partial charge in [-0.1, -0.05) is 16.9 Å². The Labute approximate surface area is 125 Å². The molecule has 1 aromatic rings. The molecule has 0 saturated carbocycles. The molecule has 1 aliphatic heterocycles. The van der Waals surface area contributed by atoms with Gasteiger partial charge in [0.15, 0.2) is 12.4 Å². The topological polar surface area (TPSA) is 102 Å². The molecule has 0 radical (unpaired) electrons. The van der Waals surface area contributed by atoms with Gasteiger partial charge in [-0.25, -0.2) is 0 Å². The minimum atomic E-state index is -0.522. The van der Waals surface area contributed by atoms with E-state index in [4.69, 9.17) is 9.26 Å². The molecule has 2 heterocycles. The Hall–Kier alpha value is -2.03. The number of amides is 2. The van der Waals surface area contributed by atoms with Crippen LogP contribution in [0, 0.1) is 6.92 Å². The van der Waals surface area contributed by atoms with Crippen molar-refractivity contribution in [1.29, 1.82) is 0 Å². The van der Waals surface area contributed by atoms with Crippen LogP contribution in [0.15, 0.2) is 10.6 Å². The first-order valence-corrected chi connectivity index (χ1v) is 7.33. The first-order chi connectivity index (χ1) is 10.0. The van der Waals surface area contributed by atoms with Crippen LogP contribution in [-0.2, 0) is 14.3 Å². The van der Waals surface area contributed by atoms with Gasteiger partial charge in [-0.05, 0) is 6.92 Å². The number of aromatic nitrogens is 1. The molecule has 8 nitrogen and oxygen atoms in total. The SMILES string of the molecule is Cc1cc(NC(=O)COC(=O)CCN2CCSC2=O)no1. The number of hydrogen-bond donors (Lipinski definition) is 1. The Kier molecular flexibility index (Phi) is 5.20. The lowest BCUT2D eigenvalue weighted by atomic mass is 10.4. The zero-order valence-electron chi connectivity index (χ0n) is 11.5. The molecule has 0 aromatic carbocycles. The summed E-state index contributed by atoms with van der Waals surface area (Å²) >= 11 is 1.23. The zero-order chi connectivity index (χ0) is 15.2. The quantitative estimate of drug-likeness (QED) is 0.782. The van der Waals surface area contributed by atoms with Gasteiger partial charge in [0.05, 0.1) is 6.42 Å². The fraction of sp³-hybridized carbons (Fsp3) is 0.500. The molecule has 0 atom stereocenters. The Morgan fingerprint density at radius 2 is 2.38 bits per heavy atom. The van der Waals surface area contributed by atoms with Crippen LogP contribution < -0.4 is 5.32 Å². The van der Waals surface area contributed by atoms with Crippen LogP contribution in [0.4, 0.5) is 10.6 Å². The van der Waals surface area contributed by atoms with Crippen molar-refractivity contribution in [3.63, 3.8) is 0 Å². The van der Waals surface area contributed by atoms with Gasteiger partial charge in [-0.15, -0.1) is 0 Å². The van der Waals surface area contributed by atoms with Gasteiger partial charge in [0, 0.05) is 24.9 Å². The maximum Gasteiger partial charge on any atom is 0.308 e. The molecule has 0 aliphatic carbocycles. The van der Waals surface area contributed by atoms with Crippen LogP contribution in [0.1, 0.15) is 12.2 Å². The summed E-state index contributed by atoms with van der Waals surface area (Å²) < 4.78 is 9.61. The number of anilines is 1. The first-order valence-electron chi connectivity index (χ1n) is 6.35. The molecular formula is C12H15N3O5S. The van der Waals surface area contributed by atoms with Crippen molar-refractivity contribution in [2.24, 2.45) is 0 Å². The van der Waals surface area contributed by atoms with Crippen LogP contribution in [0.25, 0.3) is 0 Å². The third-order valence-corrected chi connectivity index (χ3v) is 3.58. The molecule has 0 unspecified atom stereocenters. The third kappa shape index (κ3) is 4.78. The number of thioether (sulfide) groups is 1. The summed E-state index contributed by atoms with van der Waals surface area (Å²) in [7, 11) is 0. The van der Waals surface area contributed by atoms with Gasteiger partial charge in [-0.2, -0.15) is 0 Å². The second-order valence-electron chi connectivity index (χ2n) is 4.38. The Balaban J connectivity index is 1.64. The van der Waals surface area contributed by atoms with E-state index in [9.17, 15) is 14.4 Å². The molecule has 2 amide bonds. The van der Waals surface area contributed by atoms with E-state index < -0.39 is 18.5 Å². The van der Waals surface area contributed by atoms with Crippen molar-refractivity contribution in [3.05, 3.63) is 11.8 Å². The van der Waals surface area contributed by atoms with Crippen molar-refractivity contribution >= 4 is 34.7 Å². The van der Waals surface area contributed by atoms with Crippen LogP contribution >= 0.6 is 11.8 Å². The summed E-state index contributed by atoms with van der Waals surface area (Å²) in [5.41, 5.74) is 0. The van der Waals surface area contributed by atoms with Crippen molar-refractivity contribution in [2.45, 2.75) is 13.3 Å². The number of nitrogens with zero attached hydrogens (tertiary/aromatic N) is 2. The lowest BCUT2D eigenvalue weighted by molar-refractivity contribution is -0.147. The molecule has 0 bridgehead atoms. The average molecular weight is 313 g/mol. The van der Waals surface area contributed by atoms with Crippen molar-refractivity contribution < 1.29 is 23.6 Å². The van der Waals surface area contributed by atoms with Crippen LogP contribution in [0.2, 0.25) is 0 Å². The molecule has 0 spiro atoms. The van der Waals surface area contributed by atoms with Crippen molar-refractivity contribution in [2.75, 3.05) is 30.8 Å². The minimum absolute atomic E-state index is 0.0260. The highest BCUT2D eigenvalue weighted by molar-refractivity contribution is 8.13. The highest BCUT2D eigenvalue weighted by atomic mass is 32.2. The van der Waals surface area contributed by atoms with Gasteiger partial charge < -0.3 is 19.5 Å². The summed E-state index contributed by atoms with van der Waals surface area (Å²) in [6, 6.07) is 1.55. The Bertz CT molecular complexity index is 545. The van der Waals surface area contributed by atoms with Gasteiger partial charge in [0.2, 0.25) is 0 Å². The summed E-state index contributed by atoms with van der Waals surface area (Å²) in [5, 5.41) is 5.99. The van der Waals surface area contributed by atoms with Gasteiger partial charge >= 0.3 is 5.97 Å². The van der Waals surface area contributed by atoms with E-state index in [2.05, 4.69) is 10.5 Å². The molecule has 21 heavy (non-hydrogen) atoms. The van der Waals surface area contributed by atoms with Crippen molar-refractivity contribution in [1.82, 2.24) is 10.1 Å². The predicted molar refractivity (Wildman–Crippen MR) is 74.9 cm³/mol. The maximum atomic E-state index is 11.5. The molecule has 1 aromatic heterocycles. The predicted octanol–water partition coefficient (Wildman–Crippen LogP) is 1.02. The zero-order valence-corrected chi connectivity index (χ0v) is 12.3. The number of aryl methyl sites for hydroxylation is 1. The second kappa shape index (κ2) is 7.11. The molecular weight excluding hydrogens is 298 g/mol. The Morgan fingerprint density at radius 1 is 1.57 bits per heavy atom. The molecule has 1 aliphatic rings. The van der Waals surface area contributed by atoms with E-state index in [0.717, 1.165) is 5.75 Å². The smallest absolute Gasteiger partial charge is 0.308 e. The minimum Gasteiger partial charge on any atom is -0.456 e. The summed E-state index contributed by atoms with van der Waals surface area (Å²) in [6.07, 6.45) is 0.0721. The maximum absolute atomic E-state index is 11.5. The fourth-order valence-electron chi connectivity index (χ4n) is 1.68. The fourth-order valence-corrected chi connectivity index (χ4v) is 2.53. The van der Waals surface area contributed by atoms with Crippen LogP contribution in [0.5, 0.6) is 0 Å². The number of carbonyl (C=O) groups excluding carboxylic acids is 3. The van der Waals surface area contributed by atoms with Crippen molar-refractivity contribution in [3.8, 4) is 0 Å². The highest BCUT2D eigenvalue weighted by Crippen LogP contribution is 2.17. The average Bonchev–Trinajstić information content (AvgIpc) is 3.03. The van der Waals surface area contributed by atoms with Gasteiger partial charge in [0.1, 0.15) is 5.76 Å². The lowest BCUT2D eigenvalue weighted by Crippen LogP contribution is -2.27. The standard InChI is InChI=1S/C12H15N3O5S/c1-8-6-9(14-20-8)13-10(16)7-19-11(17)2-3-15-4-5-21-12(15)18/h6H,2-5,7H2,1H3,(H,13,14,16).